The van der Waals surface area contributed by atoms with Gasteiger partial charge in [-0.15, -0.1) is 0 Å². The number of aliphatic hydroxyl groups is 1. The van der Waals surface area contributed by atoms with Crippen molar-refractivity contribution >= 4 is 10.0 Å². The van der Waals surface area contributed by atoms with Gasteiger partial charge in [0.15, 0.2) is 0 Å². The molecule has 0 saturated carbocycles. The predicted molar refractivity (Wildman–Crippen MR) is 78.8 cm³/mol. The second-order valence-electron chi connectivity index (χ2n) is 4.54. The van der Waals surface area contributed by atoms with Crippen LogP contribution in [0.4, 0.5) is 0 Å². The molecule has 5 nitrogen and oxygen atoms in total. The van der Waals surface area contributed by atoms with E-state index in [9.17, 15) is 8.42 Å². The third kappa shape index (κ3) is 5.72. The molecule has 0 fully saturated rings. The Morgan fingerprint density at radius 1 is 1.25 bits per heavy atom. The van der Waals surface area contributed by atoms with Crippen LogP contribution in [0.15, 0.2) is 29.2 Å². The quantitative estimate of drug-likeness (QED) is 0.584. The molecule has 0 amide bonds. The SMILES string of the molecule is CN(C)CCCNS(=O)(=O)c1ccc(C#CCO)cc1. The molecule has 0 saturated heterocycles. The molecule has 0 atom stereocenters. The van der Waals surface area contributed by atoms with E-state index < -0.39 is 10.0 Å². The van der Waals surface area contributed by atoms with Crippen LogP contribution in [0.5, 0.6) is 0 Å². The smallest absolute Gasteiger partial charge is 0.240 e. The summed E-state index contributed by atoms with van der Waals surface area (Å²) in [7, 11) is 0.429. The number of nitrogens with one attached hydrogen (secondary N) is 1. The first-order chi connectivity index (χ1) is 9.45. The second-order valence-corrected chi connectivity index (χ2v) is 6.31. The van der Waals surface area contributed by atoms with Crippen LogP contribution in [0, 0.1) is 11.8 Å². The Hall–Kier alpha value is -1.39. The Balaban J connectivity index is 2.63. The van der Waals surface area contributed by atoms with E-state index in [1.54, 1.807) is 12.1 Å². The van der Waals surface area contributed by atoms with Gasteiger partial charge in [-0.05, 0) is 51.3 Å². The molecule has 0 unspecified atom stereocenters. The Kier molecular flexibility index (Phi) is 6.68. The van der Waals surface area contributed by atoms with E-state index in [0.717, 1.165) is 13.0 Å². The lowest BCUT2D eigenvalue weighted by Gasteiger charge is -2.10. The standard InChI is InChI=1S/C14H20N2O3S/c1-16(2)11-4-10-15-20(18,19)14-8-6-13(7-9-14)5-3-12-17/h6-9,15,17H,4,10-12H2,1-2H3. The molecular weight excluding hydrogens is 276 g/mol. The van der Waals surface area contributed by atoms with Crippen LogP contribution in [-0.2, 0) is 10.0 Å². The Bertz CT molecular complexity index is 569. The van der Waals surface area contributed by atoms with Crippen molar-refractivity contribution in [3.8, 4) is 11.8 Å². The van der Waals surface area contributed by atoms with Crippen molar-refractivity contribution in [1.82, 2.24) is 9.62 Å². The minimum atomic E-state index is -3.46. The van der Waals surface area contributed by atoms with Gasteiger partial charge in [-0.25, -0.2) is 13.1 Å². The van der Waals surface area contributed by atoms with E-state index in [2.05, 4.69) is 16.6 Å². The van der Waals surface area contributed by atoms with E-state index in [1.165, 1.54) is 12.1 Å². The third-order valence-corrected chi connectivity index (χ3v) is 4.03. The molecule has 0 radical (unpaired) electrons. The molecule has 0 spiro atoms. The van der Waals surface area contributed by atoms with Crippen molar-refractivity contribution in [2.45, 2.75) is 11.3 Å². The van der Waals surface area contributed by atoms with Crippen LogP contribution in [0.25, 0.3) is 0 Å². The number of nitrogens with zero attached hydrogens (tertiary/aromatic N) is 1. The third-order valence-electron chi connectivity index (χ3n) is 2.55. The first-order valence-electron chi connectivity index (χ1n) is 6.30. The topological polar surface area (TPSA) is 69.6 Å². The molecule has 0 aliphatic rings. The zero-order valence-electron chi connectivity index (χ0n) is 11.8. The highest BCUT2D eigenvalue weighted by Crippen LogP contribution is 2.09. The van der Waals surface area contributed by atoms with Crippen molar-refractivity contribution in [3.05, 3.63) is 29.8 Å². The maximum atomic E-state index is 12.0. The summed E-state index contributed by atoms with van der Waals surface area (Å²) in [5.74, 6) is 5.23. The van der Waals surface area contributed by atoms with Gasteiger partial charge in [-0.2, -0.15) is 0 Å². The average Bonchev–Trinajstić information content (AvgIpc) is 2.42. The van der Waals surface area contributed by atoms with Gasteiger partial charge in [0, 0.05) is 12.1 Å². The van der Waals surface area contributed by atoms with Crippen LogP contribution in [0.1, 0.15) is 12.0 Å². The maximum Gasteiger partial charge on any atom is 0.240 e. The summed E-state index contributed by atoms with van der Waals surface area (Å²) in [4.78, 5) is 2.22. The highest BCUT2D eigenvalue weighted by Gasteiger charge is 2.12. The van der Waals surface area contributed by atoms with E-state index >= 15 is 0 Å². The van der Waals surface area contributed by atoms with Gasteiger partial charge in [-0.3, -0.25) is 0 Å². The fraction of sp³-hybridized carbons (Fsp3) is 0.429. The van der Waals surface area contributed by atoms with Crippen LogP contribution < -0.4 is 4.72 Å². The molecule has 6 heteroatoms. The molecule has 2 N–H and O–H groups in total. The number of hydrogen-bond acceptors (Lipinski definition) is 4. The Morgan fingerprint density at radius 3 is 2.45 bits per heavy atom. The van der Waals surface area contributed by atoms with Crippen molar-refractivity contribution in [1.29, 1.82) is 0 Å². The van der Waals surface area contributed by atoms with Crippen LogP contribution >= 0.6 is 0 Å². The predicted octanol–water partition coefficient (Wildman–Crippen LogP) is 0.260. The monoisotopic (exact) mass is 296 g/mol. The zero-order valence-corrected chi connectivity index (χ0v) is 12.6. The minimum Gasteiger partial charge on any atom is -0.384 e. The number of hydrogen-bond donors (Lipinski definition) is 2. The van der Waals surface area contributed by atoms with Gasteiger partial charge in [0.1, 0.15) is 6.61 Å². The summed E-state index contributed by atoms with van der Waals surface area (Å²) in [6, 6.07) is 6.26. The van der Waals surface area contributed by atoms with Gasteiger partial charge in [0.25, 0.3) is 0 Å². The summed E-state index contributed by atoms with van der Waals surface area (Å²) in [5.41, 5.74) is 0.672. The average molecular weight is 296 g/mol. The fourth-order valence-corrected chi connectivity index (χ4v) is 2.62. The van der Waals surface area contributed by atoms with E-state index in [-0.39, 0.29) is 11.5 Å². The molecule has 0 aliphatic heterocycles. The lowest BCUT2D eigenvalue weighted by Crippen LogP contribution is -2.27. The highest BCUT2D eigenvalue weighted by atomic mass is 32.2. The molecule has 0 aliphatic carbocycles. The molecule has 20 heavy (non-hydrogen) atoms. The maximum absolute atomic E-state index is 12.0. The van der Waals surface area contributed by atoms with E-state index in [0.29, 0.717) is 12.1 Å². The molecule has 0 bridgehead atoms. The van der Waals surface area contributed by atoms with Crippen LogP contribution in [0.3, 0.4) is 0 Å². The molecule has 0 heterocycles. The minimum absolute atomic E-state index is 0.215. The van der Waals surface area contributed by atoms with Crippen LogP contribution in [-0.4, -0.2) is 52.2 Å². The number of aliphatic hydroxyl groups excluding tert-OH is 1. The molecule has 0 aromatic heterocycles. The zero-order chi connectivity index (χ0) is 15.0. The number of benzene rings is 1. The first-order valence-corrected chi connectivity index (χ1v) is 7.78. The molecule has 1 rings (SSSR count). The molecule has 1 aromatic rings. The normalized spacial score (nSPS) is 11.2. The van der Waals surface area contributed by atoms with Crippen molar-refractivity contribution in [3.63, 3.8) is 0 Å². The summed E-state index contributed by atoms with van der Waals surface area (Å²) < 4.78 is 26.6. The molecule has 1 aromatic carbocycles. The van der Waals surface area contributed by atoms with Crippen molar-refractivity contribution in [2.75, 3.05) is 33.8 Å². The van der Waals surface area contributed by atoms with E-state index in [4.69, 9.17) is 5.11 Å². The number of rotatable bonds is 6. The molecular formula is C14H20N2O3S. The van der Waals surface area contributed by atoms with Crippen LogP contribution in [0.2, 0.25) is 0 Å². The van der Waals surface area contributed by atoms with Gasteiger partial charge in [0.05, 0.1) is 4.90 Å². The Labute approximate surface area is 120 Å². The summed E-state index contributed by atoms with van der Waals surface area (Å²) >= 11 is 0. The van der Waals surface area contributed by atoms with Gasteiger partial charge in [-0.1, -0.05) is 11.8 Å². The molecule has 110 valence electrons. The lowest BCUT2D eigenvalue weighted by molar-refractivity contribution is 0.350. The lowest BCUT2D eigenvalue weighted by atomic mass is 10.2. The summed E-state index contributed by atoms with van der Waals surface area (Å²) in [6.45, 7) is 1.03. The van der Waals surface area contributed by atoms with Gasteiger partial charge < -0.3 is 10.0 Å². The van der Waals surface area contributed by atoms with E-state index in [1.807, 2.05) is 19.0 Å². The fourth-order valence-electron chi connectivity index (χ4n) is 1.54. The second kappa shape index (κ2) is 8.02. The summed E-state index contributed by atoms with van der Waals surface area (Å²) in [5, 5.41) is 8.59. The Morgan fingerprint density at radius 2 is 1.90 bits per heavy atom. The van der Waals surface area contributed by atoms with Crippen molar-refractivity contribution in [2.24, 2.45) is 0 Å². The number of sulfonamides is 1. The summed E-state index contributed by atoms with van der Waals surface area (Å²) in [6.07, 6.45) is 0.756. The van der Waals surface area contributed by atoms with Gasteiger partial charge >= 0.3 is 0 Å². The first kappa shape index (κ1) is 16.7. The largest absolute Gasteiger partial charge is 0.384 e. The van der Waals surface area contributed by atoms with Gasteiger partial charge in [0.2, 0.25) is 10.0 Å². The highest BCUT2D eigenvalue weighted by molar-refractivity contribution is 7.89. The van der Waals surface area contributed by atoms with Crippen molar-refractivity contribution < 1.29 is 13.5 Å².